The molecule has 130 valence electrons. The third-order valence-electron chi connectivity index (χ3n) is 5.38. The number of fused-ring (bicyclic) bond motifs is 1. The van der Waals surface area contributed by atoms with Gasteiger partial charge in [0.05, 0.1) is 11.4 Å². The van der Waals surface area contributed by atoms with Gasteiger partial charge < -0.3 is 4.74 Å². The lowest BCUT2D eigenvalue weighted by Gasteiger charge is -2.35. The largest absolute Gasteiger partial charge is 0.456 e. The summed E-state index contributed by atoms with van der Waals surface area (Å²) in [6, 6.07) is 6.47. The molecule has 1 saturated carbocycles. The number of sulfonamides is 1. The number of hydrogen-bond acceptors (Lipinski definition) is 4. The van der Waals surface area contributed by atoms with Crippen molar-refractivity contribution in [3.63, 3.8) is 0 Å². The Morgan fingerprint density at radius 1 is 1.25 bits per heavy atom. The van der Waals surface area contributed by atoms with Crippen LogP contribution in [0, 0.1) is 12.8 Å². The Kier molecular flexibility index (Phi) is 3.70. The first kappa shape index (κ1) is 16.6. The smallest absolute Gasteiger partial charge is 0.325 e. The summed E-state index contributed by atoms with van der Waals surface area (Å²) in [7, 11) is -3.67. The highest BCUT2D eigenvalue weighted by Gasteiger charge is 2.67. The van der Waals surface area contributed by atoms with Gasteiger partial charge in [0.1, 0.15) is 11.0 Å². The number of halogens is 2. The van der Waals surface area contributed by atoms with Gasteiger partial charge in [0.15, 0.2) is 0 Å². The number of benzene rings is 1. The standard InChI is InChI=1S/C16H17Cl2NO4S/c1-9-2-4-11(5-3-9)24(21,22)19-8-16-7-10(19)6-12(17)13(16)14(18)15(20)23-16/h2-5,10,12-14H,6-8H2,1H3/t10-,12?,13?,14?,16-/m1/s1. The second-order valence-corrected chi connectivity index (χ2v) is 9.81. The Bertz CT molecular complexity index is 797. The Morgan fingerprint density at radius 2 is 1.92 bits per heavy atom. The molecule has 4 rings (SSSR count). The number of ether oxygens (including phenoxy) is 1. The molecule has 3 fully saturated rings. The van der Waals surface area contributed by atoms with E-state index in [4.69, 9.17) is 27.9 Å². The zero-order chi connectivity index (χ0) is 17.3. The van der Waals surface area contributed by atoms with E-state index >= 15 is 0 Å². The van der Waals surface area contributed by atoms with Crippen LogP contribution in [0.5, 0.6) is 0 Å². The maximum Gasteiger partial charge on any atom is 0.325 e. The molecule has 8 heteroatoms. The lowest BCUT2D eigenvalue weighted by molar-refractivity contribution is -0.148. The molecule has 1 aromatic carbocycles. The molecule has 2 aliphatic heterocycles. The summed E-state index contributed by atoms with van der Waals surface area (Å²) in [5, 5.41) is -1.19. The Hall–Kier alpha value is -0.820. The molecule has 1 spiro atoms. The fraction of sp³-hybridized carbons (Fsp3) is 0.562. The number of nitrogens with zero attached hydrogens (tertiary/aromatic N) is 1. The summed E-state index contributed by atoms with van der Waals surface area (Å²) in [4.78, 5) is 12.2. The molecule has 0 aromatic heterocycles. The third kappa shape index (κ3) is 2.23. The number of hydrogen-bond donors (Lipinski definition) is 0. The van der Waals surface area contributed by atoms with Gasteiger partial charge in [-0.1, -0.05) is 17.7 Å². The number of esters is 1. The summed E-state index contributed by atoms with van der Waals surface area (Å²) >= 11 is 12.6. The molecule has 0 radical (unpaired) electrons. The van der Waals surface area contributed by atoms with E-state index in [1.165, 1.54) is 4.31 Å². The van der Waals surface area contributed by atoms with Gasteiger partial charge in [0.2, 0.25) is 10.0 Å². The molecular formula is C16H17Cl2NO4S. The molecule has 2 heterocycles. The van der Waals surface area contributed by atoms with Crippen LogP contribution in [0.1, 0.15) is 18.4 Å². The van der Waals surface area contributed by atoms with Gasteiger partial charge >= 0.3 is 5.97 Å². The van der Waals surface area contributed by atoms with Crippen LogP contribution in [-0.2, 0) is 19.6 Å². The average molecular weight is 390 g/mol. The number of alkyl halides is 2. The molecule has 5 nitrogen and oxygen atoms in total. The van der Waals surface area contributed by atoms with Crippen LogP contribution < -0.4 is 0 Å². The number of aryl methyl sites for hydroxylation is 1. The molecule has 2 bridgehead atoms. The van der Waals surface area contributed by atoms with Gasteiger partial charge in [-0.25, -0.2) is 8.42 Å². The number of carbonyl (C=O) groups is 1. The molecule has 24 heavy (non-hydrogen) atoms. The van der Waals surface area contributed by atoms with Gasteiger partial charge in [0.25, 0.3) is 0 Å². The molecule has 0 N–H and O–H groups in total. The highest BCUT2D eigenvalue weighted by molar-refractivity contribution is 7.89. The van der Waals surface area contributed by atoms with Crippen molar-refractivity contribution in [3.8, 4) is 0 Å². The molecule has 2 saturated heterocycles. The van der Waals surface area contributed by atoms with Gasteiger partial charge in [-0.15, -0.1) is 23.2 Å². The highest BCUT2D eigenvalue weighted by atomic mass is 35.5. The first-order chi connectivity index (χ1) is 11.2. The molecule has 1 aromatic rings. The van der Waals surface area contributed by atoms with E-state index in [0.29, 0.717) is 12.8 Å². The van der Waals surface area contributed by atoms with Crippen LogP contribution in [0.25, 0.3) is 0 Å². The second kappa shape index (κ2) is 5.34. The number of carbonyl (C=O) groups excluding carboxylic acids is 1. The zero-order valence-corrected chi connectivity index (χ0v) is 15.3. The predicted molar refractivity (Wildman–Crippen MR) is 89.7 cm³/mol. The fourth-order valence-corrected chi connectivity index (χ4v) is 7.06. The maximum atomic E-state index is 13.1. The molecular weight excluding hydrogens is 373 g/mol. The van der Waals surface area contributed by atoms with Gasteiger partial charge in [-0.05, 0) is 25.5 Å². The summed E-state index contributed by atoms with van der Waals surface area (Å²) in [5.41, 5.74) is 0.0969. The Labute approximate surface area is 150 Å². The van der Waals surface area contributed by atoms with Gasteiger partial charge in [-0.2, -0.15) is 4.31 Å². The molecule has 3 unspecified atom stereocenters. The van der Waals surface area contributed by atoms with Crippen LogP contribution in [0.4, 0.5) is 0 Å². The van der Waals surface area contributed by atoms with Crippen molar-refractivity contribution in [2.45, 2.75) is 47.1 Å². The van der Waals surface area contributed by atoms with E-state index in [1.807, 2.05) is 6.92 Å². The fourth-order valence-electron chi connectivity index (χ4n) is 4.26. The topological polar surface area (TPSA) is 63.7 Å². The minimum atomic E-state index is -3.67. The van der Waals surface area contributed by atoms with E-state index in [1.54, 1.807) is 24.3 Å². The van der Waals surface area contributed by atoms with Crippen molar-refractivity contribution >= 4 is 39.2 Å². The zero-order valence-electron chi connectivity index (χ0n) is 13.0. The van der Waals surface area contributed by atoms with Crippen LogP contribution >= 0.6 is 23.2 Å². The quantitative estimate of drug-likeness (QED) is 0.574. The van der Waals surface area contributed by atoms with Crippen molar-refractivity contribution in [2.75, 3.05) is 6.54 Å². The van der Waals surface area contributed by atoms with Gasteiger partial charge in [-0.3, -0.25) is 4.79 Å². The maximum absolute atomic E-state index is 13.1. The van der Waals surface area contributed by atoms with Crippen LogP contribution in [0.3, 0.4) is 0 Å². The first-order valence-corrected chi connectivity index (χ1v) is 10.2. The third-order valence-corrected chi connectivity index (χ3v) is 8.19. The second-order valence-electron chi connectivity index (χ2n) is 6.89. The highest BCUT2D eigenvalue weighted by Crippen LogP contribution is 2.54. The van der Waals surface area contributed by atoms with E-state index in [9.17, 15) is 13.2 Å². The SMILES string of the molecule is Cc1ccc(S(=O)(=O)N2C[C@]34C[C@H]2CC(Cl)C3C(Cl)C(=O)O4)cc1. The molecule has 3 aliphatic rings. The molecule has 5 atom stereocenters. The number of rotatable bonds is 2. The van der Waals surface area contributed by atoms with Crippen LogP contribution in [-0.4, -0.2) is 47.6 Å². The van der Waals surface area contributed by atoms with Crippen molar-refractivity contribution in [1.29, 1.82) is 0 Å². The minimum Gasteiger partial charge on any atom is -0.456 e. The van der Waals surface area contributed by atoms with Crippen molar-refractivity contribution in [3.05, 3.63) is 29.8 Å². The molecule has 1 aliphatic carbocycles. The Morgan fingerprint density at radius 3 is 2.58 bits per heavy atom. The van der Waals surface area contributed by atoms with Crippen molar-refractivity contribution in [2.24, 2.45) is 5.92 Å². The van der Waals surface area contributed by atoms with Gasteiger partial charge in [0, 0.05) is 23.8 Å². The van der Waals surface area contributed by atoms with E-state index < -0.39 is 27.0 Å². The lowest BCUT2D eigenvalue weighted by atomic mass is 9.76. The van der Waals surface area contributed by atoms with Crippen LogP contribution in [0.15, 0.2) is 29.2 Å². The van der Waals surface area contributed by atoms with Crippen molar-refractivity contribution < 1.29 is 17.9 Å². The summed E-state index contributed by atoms with van der Waals surface area (Å²) < 4.78 is 33.1. The van der Waals surface area contributed by atoms with E-state index in [0.717, 1.165) is 5.56 Å². The van der Waals surface area contributed by atoms with Crippen LogP contribution in [0.2, 0.25) is 0 Å². The predicted octanol–water partition coefficient (Wildman–Crippen LogP) is 2.29. The summed E-state index contributed by atoms with van der Waals surface area (Å²) in [5.74, 6) is -0.856. The average Bonchev–Trinajstić information content (AvgIpc) is 2.94. The Balaban J connectivity index is 1.72. The lowest BCUT2D eigenvalue weighted by Crippen LogP contribution is -2.46. The van der Waals surface area contributed by atoms with E-state index in [-0.39, 0.29) is 28.8 Å². The summed E-state index contributed by atoms with van der Waals surface area (Å²) in [6.45, 7) is 2.02. The minimum absolute atomic E-state index is 0.122. The first-order valence-electron chi connectivity index (χ1n) is 7.84. The van der Waals surface area contributed by atoms with Crippen molar-refractivity contribution in [1.82, 2.24) is 4.31 Å². The monoisotopic (exact) mass is 389 g/mol. The normalized spacial score (nSPS) is 38.9. The van der Waals surface area contributed by atoms with E-state index in [2.05, 4.69) is 0 Å². The molecule has 0 amide bonds. The summed E-state index contributed by atoms with van der Waals surface area (Å²) in [6.07, 6.45) is 0.930.